The lowest BCUT2D eigenvalue weighted by molar-refractivity contribution is -0.135. The Morgan fingerprint density at radius 2 is 1.50 bits per heavy atom. The molecule has 1 saturated heterocycles. The molecule has 1 fully saturated rings. The highest BCUT2D eigenvalue weighted by Gasteiger charge is 2.23. The van der Waals surface area contributed by atoms with Crippen LogP contribution in [0.3, 0.4) is 0 Å². The number of carbonyl (C=O) groups is 3. The van der Waals surface area contributed by atoms with Crippen LogP contribution in [0.4, 0.5) is 5.82 Å². The maximum atomic E-state index is 12.5. The van der Waals surface area contributed by atoms with Crippen LogP contribution in [0.5, 0.6) is 5.75 Å². The van der Waals surface area contributed by atoms with Crippen LogP contribution in [0, 0.1) is 0 Å². The summed E-state index contributed by atoms with van der Waals surface area (Å²) in [5, 5.41) is 0. The summed E-state index contributed by atoms with van der Waals surface area (Å²) in [5.74, 6) is 0.237. The van der Waals surface area contributed by atoms with Crippen molar-refractivity contribution < 1.29 is 23.9 Å². The monoisotopic (exact) mass is 459 g/mol. The third-order valence-electron chi connectivity index (χ3n) is 5.50. The Bertz CT molecular complexity index is 1140. The molecule has 34 heavy (non-hydrogen) atoms. The highest BCUT2D eigenvalue weighted by Crippen LogP contribution is 2.23. The highest BCUT2D eigenvalue weighted by atomic mass is 16.5. The lowest BCUT2D eigenvalue weighted by Crippen LogP contribution is -2.50. The van der Waals surface area contributed by atoms with E-state index in [2.05, 4.69) is 9.88 Å². The summed E-state index contributed by atoms with van der Waals surface area (Å²) >= 11 is 0. The van der Waals surface area contributed by atoms with E-state index in [0.29, 0.717) is 37.5 Å². The minimum atomic E-state index is -0.544. The molecule has 0 unspecified atom stereocenters. The van der Waals surface area contributed by atoms with Crippen LogP contribution in [0.1, 0.15) is 17.3 Å². The van der Waals surface area contributed by atoms with Crippen molar-refractivity contribution in [1.82, 2.24) is 9.88 Å². The number of amides is 1. The highest BCUT2D eigenvalue weighted by molar-refractivity contribution is 5.92. The molecular formula is C26H25N3O5. The number of piperazine rings is 1. The fourth-order valence-electron chi connectivity index (χ4n) is 3.71. The number of carbonyl (C=O) groups excluding carboxylic acids is 3. The molecule has 3 aromatic rings. The zero-order valence-corrected chi connectivity index (χ0v) is 18.8. The normalized spacial score (nSPS) is 13.3. The van der Waals surface area contributed by atoms with Gasteiger partial charge in [0.25, 0.3) is 5.91 Å². The van der Waals surface area contributed by atoms with Gasteiger partial charge in [0.1, 0.15) is 11.6 Å². The number of hydrogen-bond donors (Lipinski definition) is 0. The van der Waals surface area contributed by atoms with Crippen molar-refractivity contribution in [3.63, 3.8) is 0 Å². The van der Waals surface area contributed by atoms with E-state index in [1.807, 2.05) is 30.3 Å². The number of aromatic nitrogens is 1. The Morgan fingerprint density at radius 1 is 0.853 bits per heavy atom. The van der Waals surface area contributed by atoms with Gasteiger partial charge >= 0.3 is 11.9 Å². The predicted molar refractivity (Wildman–Crippen MR) is 126 cm³/mol. The van der Waals surface area contributed by atoms with Gasteiger partial charge in [-0.25, -0.2) is 9.78 Å². The van der Waals surface area contributed by atoms with Gasteiger partial charge in [-0.15, -0.1) is 0 Å². The number of hydrogen-bond acceptors (Lipinski definition) is 7. The summed E-state index contributed by atoms with van der Waals surface area (Å²) in [7, 11) is 0. The lowest BCUT2D eigenvalue weighted by atomic mass is 10.0. The second-order valence-corrected chi connectivity index (χ2v) is 7.83. The predicted octanol–water partition coefficient (Wildman–Crippen LogP) is 3.18. The molecule has 1 aliphatic rings. The molecule has 8 heteroatoms. The zero-order chi connectivity index (χ0) is 23.9. The first-order valence-corrected chi connectivity index (χ1v) is 11.0. The van der Waals surface area contributed by atoms with Crippen LogP contribution >= 0.6 is 0 Å². The average molecular weight is 460 g/mol. The van der Waals surface area contributed by atoms with Gasteiger partial charge in [-0.1, -0.05) is 30.3 Å². The molecule has 0 bridgehead atoms. The number of benzene rings is 2. The SMILES string of the molecule is CC(=O)Oc1ccc(-c2ccc(C(=O)OCC(=O)N3CCN(c4ccccn4)CC3)cc2)cc1. The minimum absolute atomic E-state index is 0.210. The average Bonchev–Trinajstić information content (AvgIpc) is 2.88. The van der Waals surface area contributed by atoms with Crippen molar-refractivity contribution in [2.45, 2.75) is 6.92 Å². The van der Waals surface area contributed by atoms with Crippen LogP contribution in [0.25, 0.3) is 11.1 Å². The number of rotatable bonds is 6. The number of pyridine rings is 1. The van der Waals surface area contributed by atoms with Crippen molar-refractivity contribution in [1.29, 1.82) is 0 Å². The van der Waals surface area contributed by atoms with Gasteiger partial charge < -0.3 is 19.3 Å². The van der Waals surface area contributed by atoms with Crippen LogP contribution in [0.2, 0.25) is 0 Å². The van der Waals surface area contributed by atoms with E-state index < -0.39 is 5.97 Å². The van der Waals surface area contributed by atoms with Crippen molar-refractivity contribution in [3.8, 4) is 16.9 Å². The first-order chi connectivity index (χ1) is 16.5. The summed E-state index contributed by atoms with van der Waals surface area (Å²) in [5.41, 5.74) is 2.18. The first-order valence-electron chi connectivity index (χ1n) is 11.0. The maximum absolute atomic E-state index is 12.5. The van der Waals surface area contributed by atoms with Crippen LogP contribution in [-0.4, -0.2) is 60.5 Å². The molecule has 0 N–H and O–H groups in total. The van der Waals surface area contributed by atoms with Gasteiger partial charge in [-0.3, -0.25) is 9.59 Å². The summed E-state index contributed by atoms with van der Waals surface area (Å²) < 4.78 is 10.3. The largest absolute Gasteiger partial charge is 0.452 e. The molecule has 1 aliphatic heterocycles. The molecule has 0 spiro atoms. The van der Waals surface area contributed by atoms with Crippen molar-refractivity contribution in [3.05, 3.63) is 78.5 Å². The van der Waals surface area contributed by atoms with E-state index in [1.165, 1.54) is 6.92 Å². The first kappa shape index (κ1) is 23.0. The van der Waals surface area contributed by atoms with Crippen LogP contribution < -0.4 is 9.64 Å². The van der Waals surface area contributed by atoms with Crippen molar-refractivity contribution in [2.24, 2.45) is 0 Å². The summed E-state index contributed by atoms with van der Waals surface area (Å²) in [6.07, 6.45) is 1.75. The fourth-order valence-corrected chi connectivity index (χ4v) is 3.71. The Balaban J connectivity index is 1.26. The van der Waals surface area contributed by atoms with Gasteiger partial charge in [0, 0.05) is 39.3 Å². The Labute approximate surface area is 197 Å². The number of esters is 2. The Hall–Kier alpha value is -4.20. The van der Waals surface area contributed by atoms with E-state index in [1.54, 1.807) is 47.5 Å². The third-order valence-corrected chi connectivity index (χ3v) is 5.50. The van der Waals surface area contributed by atoms with Gasteiger partial charge in [0.15, 0.2) is 6.61 Å². The molecule has 2 aromatic carbocycles. The number of ether oxygens (including phenoxy) is 2. The van der Waals surface area contributed by atoms with Crippen LogP contribution in [0.15, 0.2) is 72.9 Å². The summed E-state index contributed by atoms with van der Waals surface area (Å²) in [4.78, 5) is 44.1. The molecule has 174 valence electrons. The van der Waals surface area contributed by atoms with E-state index in [0.717, 1.165) is 16.9 Å². The van der Waals surface area contributed by atoms with Gasteiger partial charge in [-0.2, -0.15) is 0 Å². The van der Waals surface area contributed by atoms with E-state index in [4.69, 9.17) is 9.47 Å². The molecule has 0 saturated carbocycles. The van der Waals surface area contributed by atoms with Gasteiger partial charge in [0.05, 0.1) is 5.56 Å². The molecule has 1 amide bonds. The van der Waals surface area contributed by atoms with E-state index in [-0.39, 0.29) is 18.5 Å². The van der Waals surface area contributed by atoms with Crippen LogP contribution in [-0.2, 0) is 14.3 Å². The minimum Gasteiger partial charge on any atom is -0.452 e. The van der Waals surface area contributed by atoms with Gasteiger partial charge in [0.2, 0.25) is 0 Å². The molecule has 2 heterocycles. The second-order valence-electron chi connectivity index (χ2n) is 7.83. The molecular weight excluding hydrogens is 434 g/mol. The zero-order valence-electron chi connectivity index (χ0n) is 18.8. The van der Waals surface area contributed by atoms with E-state index in [9.17, 15) is 14.4 Å². The topological polar surface area (TPSA) is 89.0 Å². The smallest absolute Gasteiger partial charge is 0.338 e. The summed E-state index contributed by atoms with van der Waals surface area (Å²) in [6.45, 7) is 3.53. The molecule has 1 aromatic heterocycles. The molecule has 0 aliphatic carbocycles. The molecule has 0 atom stereocenters. The fraction of sp³-hybridized carbons (Fsp3) is 0.231. The third kappa shape index (κ3) is 5.78. The maximum Gasteiger partial charge on any atom is 0.338 e. The Kier molecular flexibility index (Phi) is 7.17. The molecule has 8 nitrogen and oxygen atoms in total. The standard InChI is InChI=1S/C26H25N3O5/c1-19(30)34-23-11-9-21(10-12-23)20-5-7-22(8-6-20)26(32)33-18-25(31)29-16-14-28(15-17-29)24-4-2-3-13-27-24/h2-13H,14-18H2,1H3. The number of nitrogens with zero attached hydrogens (tertiary/aromatic N) is 3. The summed E-state index contributed by atoms with van der Waals surface area (Å²) in [6, 6.07) is 19.8. The quantitative estimate of drug-likeness (QED) is 0.413. The van der Waals surface area contributed by atoms with E-state index >= 15 is 0 Å². The Morgan fingerprint density at radius 3 is 2.09 bits per heavy atom. The molecule has 4 rings (SSSR count). The van der Waals surface area contributed by atoms with Crippen molar-refractivity contribution in [2.75, 3.05) is 37.7 Å². The molecule has 0 radical (unpaired) electrons. The number of anilines is 1. The second kappa shape index (κ2) is 10.6. The van der Waals surface area contributed by atoms with Gasteiger partial charge in [-0.05, 0) is 47.5 Å². The van der Waals surface area contributed by atoms with Crippen molar-refractivity contribution >= 4 is 23.7 Å². The lowest BCUT2D eigenvalue weighted by Gasteiger charge is -2.35.